The molecule has 0 unspecified atom stereocenters. The maximum absolute atomic E-state index is 12.6. The predicted molar refractivity (Wildman–Crippen MR) is 145 cm³/mol. The smallest absolute Gasteiger partial charge is 0.406 e. The number of ether oxygens (including phenoxy) is 2. The molecular formula is C26H29BrClN5O3. The molecule has 1 N–H and O–H groups in total. The van der Waals surface area contributed by atoms with Crippen LogP contribution in [0.15, 0.2) is 53.1 Å². The first-order chi connectivity index (χ1) is 17.5. The Balaban J connectivity index is 1.17. The number of nitrogens with one attached hydrogen (secondary N) is 1. The second kappa shape index (κ2) is 11.2. The van der Waals surface area contributed by atoms with E-state index in [9.17, 15) is 4.79 Å². The van der Waals surface area contributed by atoms with E-state index in [2.05, 4.69) is 36.1 Å². The number of benzene rings is 2. The number of hydrogen-bond donors (Lipinski definition) is 1. The normalized spacial score (nSPS) is 17.2. The van der Waals surface area contributed by atoms with E-state index in [0.717, 1.165) is 68.1 Å². The van der Waals surface area contributed by atoms with Crippen LogP contribution in [0.3, 0.4) is 0 Å². The lowest BCUT2D eigenvalue weighted by Gasteiger charge is -2.41. The summed E-state index contributed by atoms with van der Waals surface area (Å²) in [6.07, 6.45) is 3.21. The zero-order chi connectivity index (χ0) is 25.1. The van der Waals surface area contributed by atoms with Gasteiger partial charge in [-0.15, -0.1) is 0 Å². The Morgan fingerprint density at radius 1 is 1.11 bits per heavy atom. The SMILES string of the molecule is Cc1c(OC(=O)Nc2ccc(N3CCN(C4CCOCC4)CC3)c(Br)c2)cnn1-c1ccc(Cl)cc1. The summed E-state index contributed by atoms with van der Waals surface area (Å²) in [5.74, 6) is 0.389. The van der Waals surface area contributed by atoms with Gasteiger partial charge in [0.25, 0.3) is 0 Å². The summed E-state index contributed by atoms with van der Waals surface area (Å²) in [6, 6.07) is 13.8. The topological polar surface area (TPSA) is 71.9 Å². The molecule has 0 atom stereocenters. The summed E-state index contributed by atoms with van der Waals surface area (Å²) in [7, 11) is 0. The largest absolute Gasteiger partial charge is 0.417 e. The van der Waals surface area contributed by atoms with Gasteiger partial charge in [0, 0.05) is 60.6 Å². The lowest BCUT2D eigenvalue weighted by atomic mass is 10.1. The van der Waals surface area contributed by atoms with Crippen LogP contribution in [0.1, 0.15) is 18.5 Å². The van der Waals surface area contributed by atoms with Crippen LogP contribution in [-0.4, -0.2) is 66.2 Å². The lowest BCUT2D eigenvalue weighted by Crippen LogP contribution is -2.51. The number of nitrogens with zero attached hydrogens (tertiary/aromatic N) is 4. The third-order valence-electron chi connectivity index (χ3n) is 6.79. The Bertz CT molecular complexity index is 1200. The molecule has 2 aliphatic rings. The Kier molecular flexibility index (Phi) is 7.81. The van der Waals surface area contributed by atoms with Crippen LogP contribution < -0.4 is 15.0 Å². The van der Waals surface area contributed by atoms with Gasteiger partial charge in [-0.1, -0.05) is 11.6 Å². The van der Waals surface area contributed by atoms with Crippen molar-refractivity contribution in [2.45, 2.75) is 25.8 Å². The van der Waals surface area contributed by atoms with Gasteiger partial charge >= 0.3 is 6.09 Å². The van der Waals surface area contributed by atoms with Crippen molar-refractivity contribution < 1.29 is 14.3 Å². The van der Waals surface area contributed by atoms with Gasteiger partial charge in [-0.25, -0.2) is 9.48 Å². The molecule has 2 aliphatic heterocycles. The lowest BCUT2D eigenvalue weighted by molar-refractivity contribution is 0.0321. The average molecular weight is 575 g/mol. The molecule has 1 amide bonds. The molecule has 190 valence electrons. The molecule has 8 nitrogen and oxygen atoms in total. The number of rotatable bonds is 5. The molecule has 0 radical (unpaired) electrons. The maximum Gasteiger partial charge on any atom is 0.417 e. The molecule has 0 bridgehead atoms. The third-order valence-corrected chi connectivity index (χ3v) is 7.68. The fourth-order valence-electron chi connectivity index (χ4n) is 4.80. The van der Waals surface area contributed by atoms with Gasteiger partial charge in [0.1, 0.15) is 0 Å². The van der Waals surface area contributed by atoms with Gasteiger partial charge < -0.3 is 14.4 Å². The summed E-state index contributed by atoms with van der Waals surface area (Å²) in [6.45, 7) is 7.63. The third kappa shape index (κ3) is 5.70. The van der Waals surface area contributed by atoms with Crippen molar-refractivity contribution in [3.63, 3.8) is 0 Å². The zero-order valence-corrected chi connectivity index (χ0v) is 22.5. The molecule has 0 saturated carbocycles. The number of aromatic nitrogens is 2. The van der Waals surface area contributed by atoms with Crippen molar-refractivity contribution in [2.75, 3.05) is 49.6 Å². The summed E-state index contributed by atoms with van der Waals surface area (Å²) < 4.78 is 13.7. The number of piperazine rings is 1. The van der Waals surface area contributed by atoms with Crippen molar-refractivity contribution in [1.82, 2.24) is 14.7 Å². The van der Waals surface area contributed by atoms with Crippen LogP contribution in [0.25, 0.3) is 5.69 Å². The highest BCUT2D eigenvalue weighted by molar-refractivity contribution is 9.10. The average Bonchev–Trinajstić information content (AvgIpc) is 3.25. The van der Waals surface area contributed by atoms with E-state index in [-0.39, 0.29) is 0 Å². The van der Waals surface area contributed by atoms with E-state index in [1.807, 2.05) is 37.3 Å². The minimum absolute atomic E-state index is 0.389. The molecule has 2 aromatic carbocycles. The first-order valence-electron chi connectivity index (χ1n) is 12.1. The molecular weight excluding hydrogens is 546 g/mol. The number of carbonyl (C=O) groups is 1. The first-order valence-corrected chi connectivity index (χ1v) is 13.3. The van der Waals surface area contributed by atoms with Crippen LogP contribution >= 0.6 is 27.5 Å². The van der Waals surface area contributed by atoms with Crippen LogP contribution in [0.5, 0.6) is 5.75 Å². The molecule has 10 heteroatoms. The molecule has 2 fully saturated rings. The Morgan fingerprint density at radius 2 is 1.83 bits per heavy atom. The zero-order valence-electron chi connectivity index (χ0n) is 20.1. The fraction of sp³-hybridized carbons (Fsp3) is 0.385. The molecule has 0 spiro atoms. The molecule has 3 aromatic rings. The van der Waals surface area contributed by atoms with E-state index in [1.165, 1.54) is 6.20 Å². The van der Waals surface area contributed by atoms with Crippen LogP contribution in [0.4, 0.5) is 16.2 Å². The van der Waals surface area contributed by atoms with Crippen molar-refractivity contribution in [3.05, 3.63) is 63.9 Å². The van der Waals surface area contributed by atoms with Crippen LogP contribution in [0.2, 0.25) is 5.02 Å². The van der Waals surface area contributed by atoms with Gasteiger partial charge in [-0.2, -0.15) is 5.10 Å². The number of amides is 1. The quantitative estimate of drug-likeness (QED) is 0.433. The summed E-state index contributed by atoms with van der Waals surface area (Å²) in [5.41, 5.74) is 3.32. The molecule has 2 saturated heterocycles. The second-order valence-electron chi connectivity index (χ2n) is 9.03. The van der Waals surface area contributed by atoms with Gasteiger partial charge in [0.15, 0.2) is 5.75 Å². The summed E-state index contributed by atoms with van der Waals surface area (Å²) >= 11 is 9.66. The summed E-state index contributed by atoms with van der Waals surface area (Å²) in [5, 5.41) is 7.79. The van der Waals surface area contributed by atoms with Gasteiger partial charge in [0.2, 0.25) is 0 Å². The minimum atomic E-state index is -0.571. The Morgan fingerprint density at radius 3 is 2.53 bits per heavy atom. The molecule has 1 aromatic heterocycles. The Labute approximate surface area is 224 Å². The number of hydrogen-bond acceptors (Lipinski definition) is 6. The molecule has 0 aliphatic carbocycles. The molecule has 5 rings (SSSR count). The van der Waals surface area contributed by atoms with Crippen molar-refractivity contribution in [1.29, 1.82) is 0 Å². The van der Waals surface area contributed by atoms with Crippen LogP contribution in [0, 0.1) is 6.92 Å². The highest BCUT2D eigenvalue weighted by Crippen LogP contribution is 2.31. The molecule has 3 heterocycles. The van der Waals surface area contributed by atoms with E-state index < -0.39 is 6.09 Å². The highest BCUT2D eigenvalue weighted by atomic mass is 79.9. The van der Waals surface area contributed by atoms with E-state index in [4.69, 9.17) is 21.1 Å². The summed E-state index contributed by atoms with van der Waals surface area (Å²) in [4.78, 5) is 17.6. The predicted octanol–water partition coefficient (Wildman–Crippen LogP) is 5.51. The fourth-order valence-corrected chi connectivity index (χ4v) is 5.56. The minimum Gasteiger partial charge on any atom is -0.406 e. The van der Waals surface area contributed by atoms with Crippen LogP contribution in [-0.2, 0) is 4.74 Å². The van der Waals surface area contributed by atoms with Crippen molar-refractivity contribution in [3.8, 4) is 11.4 Å². The standard InChI is InChI=1S/C26H29BrClN5O3/c1-18-25(17-29-33(18)22-5-2-19(28)3-6-22)36-26(34)30-20-4-7-24(23(27)16-20)32-12-10-31(11-13-32)21-8-14-35-15-9-21/h2-7,16-17,21H,8-15H2,1H3,(H,30,34). The van der Waals surface area contributed by atoms with E-state index in [0.29, 0.717) is 28.2 Å². The highest BCUT2D eigenvalue weighted by Gasteiger charge is 2.26. The number of halogens is 2. The number of carbonyl (C=O) groups excluding carboxylic acids is 1. The monoisotopic (exact) mass is 573 g/mol. The van der Waals surface area contributed by atoms with Gasteiger partial charge in [0.05, 0.1) is 23.3 Å². The van der Waals surface area contributed by atoms with Crippen molar-refractivity contribution in [2.24, 2.45) is 0 Å². The molecule has 36 heavy (non-hydrogen) atoms. The van der Waals surface area contributed by atoms with E-state index in [1.54, 1.807) is 16.8 Å². The number of anilines is 2. The maximum atomic E-state index is 12.6. The van der Waals surface area contributed by atoms with Gasteiger partial charge in [-0.3, -0.25) is 10.2 Å². The van der Waals surface area contributed by atoms with Crippen molar-refractivity contribution >= 4 is 45.0 Å². The van der Waals surface area contributed by atoms with E-state index >= 15 is 0 Å². The second-order valence-corrected chi connectivity index (χ2v) is 10.3. The Hall–Kier alpha value is -2.59. The first kappa shape index (κ1) is 25.1. The van der Waals surface area contributed by atoms with Gasteiger partial charge in [-0.05, 0) is 78.2 Å².